The van der Waals surface area contributed by atoms with Gasteiger partial charge in [0.05, 0.1) is 0 Å². The largest absolute Gasteiger partial charge is 0.394 e. The predicted molar refractivity (Wildman–Crippen MR) is 70.9 cm³/mol. The van der Waals surface area contributed by atoms with E-state index in [0.717, 1.165) is 13.2 Å². The van der Waals surface area contributed by atoms with Gasteiger partial charge in [-0.05, 0) is 31.4 Å². The van der Waals surface area contributed by atoms with Crippen molar-refractivity contribution in [1.82, 2.24) is 0 Å². The molecule has 0 radical (unpaired) electrons. The Hall–Kier alpha value is 0.137. The van der Waals surface area contributed by atoms with Gasteiger partial charge >= 0.3 is 8.56 Å². The van der Waals surface area contributed by atoms with Gasteiger partial charge in [-0.25, -0.2) is 0 Å². The van der Waals surface area contributed by atoms with Crippen molar-refractivity contribution in [1.29, 1.82) is 0 Å². The first kappa shape index (κ1) is 14.2. The van der Waals surface area contributed by atoms with E-state index in [1.54, 1.807) is 0 Å². The Morgan fingerprint density at radius 3 is 2.50 bits per heavy atom. The Balaban J connectivity index is 2.30. The highest BCUT2D eigenvalue weighted by Gasteiger charge is 2.38. The van der Waals surface area contributed by atoms with Crippen molar-refractivity contribution in [3.63, 3.8) is 0 Å². The third-order valence-corrected chi connectivity index (χ3v) is 7.03. The van der Waals surface area contributed by atoms with Crippen LogP contribution in [-0.2, 0) is 8.85 Å². The third kappa shape index (κ3) is 4.98. The molecule has 96 valence electrons. The Labute approximate surface area is 102 Å². The second kappa shape index (κ2) is 8.26. The van der Waals surface area contributed by atoms with E-state index in [1.165, 1.54) is 57.0 Å². The molecule has 0 spiro atoms. The van der Waals surface area contributed by atoms with Gasteiger partial charge < -0.3 is 8.85 Å². The van der Waals surface area contributed by atoms with Gasteiger partial charge in [0.25, 0.3) is 0 Å². The molecule has 1 atom stereocenters. The van der Waals surface area contributed by atoms with Gasteiger partial charge in [0.1, 0.15) is 0 Å². The van der Waals surface area contributed by atoms with Crippen LogP contribution in [0, 0.1) is 0 Å². The molecular weight excluding hydrogens is 216 g/mol. The molecule has 1 rings (SSSR count). The SMILES string of the molecule is CCCCCO[Si]1(CCCC)CCCCO1. The average molecular weight is 244 g/mol. The summed E-state index contributed by atoms with van der Waals surface area (Å²) in [4.78, 5) is 0. The molecule has 1 fully saturated rings. The van der Waals surface area contributed by atoms with Gasteiger partial charge in [0.2, 0.25) is 0 Å². The van der Waals surface area contributed by atoms with Crippen molar-refractivity contribution in [3.05, 3.63) is 0 Å². The van der Waals surface area contributed by atoms with E-state index < -0.39 is 8.56 Å². The van der Waals surface area contributed by atoms with Crippen molar-refractivity contribution in [3.8, 4) is 0 Å². The van der Waals surface area contributed by atoms with Crippen LogP contribution < -0.4 is 0 Å². The van der Waals surface area contributed by atoms with Gasteiger partial charge in [-0.3, -0.25) is 0 Å². The fourth-order valence-corrected chi connectivity index (χ4v) is 5.89. The van der Waals surface area contributed by atoms with Gasteiger partial charge in [0.15, 0.2) is 0 Å². The van der Waals surface area contributed by atoms with Crippen LogP contribution in [0.4, 0.5) is 0 Å². The van der Waals surface area contributed by atoms with Gasteiger partial charge in [-0.15, -0.1) is 0 Å². The summed E-state index contributed by atoms with van der Waals surface area (Å²) in [5.74, 6) is 0. The lowest BCUT2D eigenvalue weighted by Crippen LogP contribution is -2.44. The summed E-state index contributed by atoms with van der Waals surface area (Å²) in [5.41, 5.74) is 0. The summed E-state index contributed by atoms with van der Waals surface area (Å²) in [6, 6.07) is 2.45. The van der Waals surface area contributed by atoms with Crippen molar-refractivity contribution >= 4 is 8.56 Å². The molecule has 1 heterocycles. The minimum atomic E-state index is -1.75. The Morgan fingerprint density at radius 2 is 1.88 bits per heavy atom. The van der Waals surface area contributed by atoms with Crippen LogP contribution in [0.5, 0.6) is 0 Å². The minimum absolute atomic E-state index is 0.934. The zero-order chi connectivity index (χ0) is 11.7. The number of unbranched alkanes of at least 4 members (excludes halogenated alkanes) is 3. The van der Waals surface area contributed by atoms with Gasteiger partial charge in [-0.2, -0.15) is 0 Å². The van der Waals surface area contributed by atoms with E-state index in [9.17, 15) is 0 Å². The van der Waals surface area contributed by atoms with Crippen LogP contribution >= 0.6 is 0 Å². The fourth-order valence-electron chi connectivity index (χ4n) is 2.27. The molecule has 16 heavy (non-hydrogen) atoms. The first-order chi connectivity index (χ1) is 7.83. The minimum Gasteiger partial charge on any atom is -0.394 e. The highest BCUT2D eigenvalue weighted by molar-refractivity contribution is 6.67. The molecule has 0 N–H and O–H groups in total. The lowest BCUT2D eigenvalue weighted by Gasteiger charge is -2.34. The van der Waals surface area contributed by atoms with E-state index in [0.29, 0.717) is 0 Å². The molecule has 1 saturated heterocycles. The second-order valence-electron chi connectivity index (χ2n) is 4.88. The molecule has 1 unspecified atom stereocenters. The van der Waals surface area contributed by atoms with Gasteiger partial charge in [-0.1, -0.05) is 39.5 Å². The first-order valence-electron chi connectivity index (χ1n) is 7.11. The van der Waals surface area contributed by atoms with Crippen LogP contribution in [0.2, 0.25) is 12.1 Å². The van der Waals surface area contributed by atoms with Crippen molar-refractivity contribution in [2.75, 3.05) is 13.2 Å². The summed E-state index contributed by atoms with van der Waals surface area (Å²) in [6.45, 7) is 6.37. The van der Waals surface area contributed by atoms with E-state index in [1.807, 2.05) is 0 Å². The molecule has 0 aliphatic carbocycles. The summed E-state index contributed by atoms with van der Waals surface area (Å²) in [6.07, 6.45) is 8.87. The zero-order valence-corrected chi connectivity index (χ0v) is 12.1. The number of hydrogen-bond donors (Lipinski definition) is 0. The zero-order valence-electron chi connectivity index (χ0n) is 11.1. The van der Waals surface area contributed by atoms with E-state index in [4.69, 9.17) is 8.85 Å². The van der Waals surface area contributed by atoms with Crippen molar-refractivity contribution in [2.45, 2.75) is 70.9 Å². The smallest absolute Gasteiger partial charge is 0.338 e. The molecular formula is C13H28O2Si. The normalized spacial score (nSPS) is 25.9. The molecule has 0 aromatic carbocycles. The van der Waals surface area contributed by atoms with Crippen LogP contribution in [-0.4, -0.2) is 21.8 Å². The summed E-state index contributed by atoms with van der Waals surface area (Å²) in [5, 5.41) is 0. The van der Waals surface area contributed by atoms with Gasteiger partial charge in [0, 0.05) is 13.2 Å². The maximum absolute atomic E-state index is 6.19. The van der Waals surface area contributed by atoms with Crippen molar-refractivity contribution < 1.29 is 8.85 Å². The van der Waals surface area contributed by atoms with Crippen LogP contribution in [0.3, 0.4) is 0 Å². The van der Waals surface area contributed by atoms with Crippen molar-refractivity contribution in [2.24, 2.45) is 0 Å². The monoisotopic (exact) mass is 244 g/mol. The summed E-state index contributed by atoms with van der Waals surface area (Å²) in [7, 11) is -1.75. The highest BCUT2D eigenvalue weighted by atomic mass is 28.4. The third-order valence-electron chi connectivity index (χ3n) is 3.34. The molecule has 0 aromatic rings. The molecule has 0 amide bonds. The first-order valence-corrected chi connectivity index (χ1v) is 9.34. The molecule has 0 saturated carbocycles. The average Bonchev–Trinajstić information content (AvgIpc) is 2.34. The van der Waals surface area contributed by atoms with Crippen LogP contribution in [0.15, 0.2) is 0 Å². The molecule has 1 aliphatic heterocycles. The lowest BCUT2D eigenvalue weighted by molar-refractivity contribution is 0.145. The predicted octanol–water partition coefficient (Wildman–Crippen LogP) is 4.25. The molecule has 1 aliphatic rings. The Morgan fingerprint density at radius 1 is 1.06 bits per heavy atom. The second-order valence-corrected chi connectivity index (χ2v) is 8.27. The molecule has 3 heteroatoms. The topological polar surface area (TPSA) is 18.5 Å². The standard InChI is InChI=1S/C13H28O2Si/c1-3-5-7-10-14-16(12-6-4-2)13-9-8-11-15-16/h3-13H2,1-2H3. The highest BCUT2D eigenvalue weighted by Crippen LogP contribution is 2.28. The quantitative estimate of drug-likeness (QED) is 0.469. The van der Waals surface area contributed by atoms with E-state index in [-0.39, 0.29) is 0 Å². The Bertz CT molecular complexity index is 167. The molecule has 2 nitrogen and oxygen atoms in total. The Kier molecular flexibility index (Phi) is 7.33. The van der Waals surface area contributed by atoms with Crippen LogP contribution in [0.1, 0.15) is 58.8 Å². The van der Waals surface area contributed by atoms with E-state index >= 15 is 0 Å². The molecule has 0 bridgehead atoms. The maximum Gasteiger partial charge on any atom is 0.338 e. The fraction of sp³-hybridized carbons (Fsp3) is 1.00. The van der Waals surface area contributed by atoms with E-state index in [2.05, 4.69) is 13.8 Å². The molecule has 0 aromatic heterocycles. The van der Waals surface area contributed by atoms with Crippen LogP contribution in [0.25, 0.3) is 0 Å². The maximum atomic E-state index is 6.19. The summed E-state index contributed by atoms with van der Waals surface area (Å²) >= 11 is 0. The lowest BCUT2D eigenvalue weighted by atomic mass is 10.3. The number of rotatable bonds is 8. The summed E-state index contributed by atoms with van der Waals surface area (Å²) < 4.78 is 12.3. The number of hydrogen-bond acceptors (Lipinski definition) is 2.